The van der Waals surface area contributed by atoms with Gasteiger partial charge in [0.25, 0.3) is 0 Å². The van der Waals surface area contributed by atoms with Crippen LogP contribution in [-0.2, 0) is 20.8 Å². The summed E-state index contributed by atoms with van der Waals surface area (Å²) in [6.45, 7) is 8.02. The molecule has 2 aliphatic rings. The molecule has 1 aromatic carbocycles. The SMILES string of the molecule is Cc1ccc(N2CC(C(=O)N3CCN(C(=O)Cc4c(C)noc4C)CC3)CC2=O)cc1. The van der Waals surface area contributed by atoms with Crippen LogP contribution in [0.4, 0.5) is 5.69 Å². The highest BCUT2D eigenvalue weighted by molar-refractivity contribution is 6.00. The van der Waals surface area contributed by atoms with Gasteiger partial charge in [0.05, 0.1) is 18.0 Å². The van der Waals surface area contributed by atoms with Gasteiger partial charge in [0, 0.05) is 50.4 Å². The number of piperazine rings is 1. The zero-order valence-corrected chi connectivity index (χ0v) is 18.3. The number of carbonyl (C=O) groups is 3. The third kappa shape index (κ3) is 4.33. The molecule has 2 aromatic rings. The Morgan fingerprint density at radius 1 is 1.03 bits per heavy atom. The highest BCUT2D eigenvalue weighted by Gasteiger charge is 2.38. The van der Waals surface area contributed by atoms with E-state index in [0.29, 0.717) is 38.5 Å². The van der Waals surface area contributed by atoms with Gasteiger partial charge in [0.15, 0.2) is 0 Å². The van der Waals surface area contributed by atoms with Crippen LogP contribution in [0.25, 0.3) is 0 Å². The number of hydrogen-bond donors (Lipinski definition) is 0. The molecule has 4 rings (SSSR count). The van der Waals surface area contributed by atoms with Crippen molar-refractivity contribution in [2.24, 2.45) is 5.92 Å². The van der Waals surface area contributed by atoms with E-state index in [1.165, 1.54) is 0 Å². The van der Waals surface area contributed by atoms with Crippen LogP contribution in [-0.4, -0.2) is 65.4 Å². The van der Waals surface area contributed by atoms with Crippen molar-refractivity contribution in [1.82, 2.24) is 15.0 Å². The van der Waals surface area contributed by atoms with Gasteiger partial charge in [-0.2, -0.15) is 0 Å². The minimum absolute atomic E-state index is 0.000726. The van der Waals surface area contributed by atoms with Gasteiger partial charge in [-0.1, -0.05) is 22.9 Å². The average Bonchev–Trinajstić information content (AvgIpc) is 3.31. The first-order valence-corrected chi connectivity index (χ1v) is 10.7. The van der Waals surface area contributed by atoms with Crippen LogP contribution < -0.4 is 4.90 Å². The molecule has 8 heteroatoms. The molecule has 2 saturated heterocycles. The fraction of sp³-hybridized carbons (Fsp3) is 0.478. The molecule has 0 N–H and O–H groups in total. The van der Waals surface area contributed by atoms with Crippen LogP contribution in [0.3, 0.4) is 0 Å². The van der Waals surface area contributed by atoms with E-state index in [1.54, 1.807) is 14.7 Å². The average molecular weight is 425 g/mol. The van der Waals surface area contributed by atoms with E-state index < -0.39 is 0 Å². The second-order valence-corrected chi connectivity index (χ2v) is 8.43. The molecule has 1 atom stereocenters. The van der Waals surface area contributed by atoms with E-state index in [-0.39, 0.29) is 36.5 Å². The van der Waals surface area contributed by atoms with Gasteiger partial charge in [-0.3, -0.25) is 14.4 Å². The summed E-state index contributed by atoms with van der Waals surface area (Å²) in [4.78, 5) is 43.5. The lowest BCUT2D eigenvalue weighted by Crippen LogP contribution is -2.52. The van der Waals surface area contributed by atoms with Gasteiger partial charge in [-0.15, -0.1) is 0 Å². The highest BCUT2D eigenvalue weighted by atomic mass is 16.5. The van der Waals surface area contributed by atoms with Gasteiger partial charge in [-0.05, 0) is 32.9 Å². The molecule has 3 amide bonds. The van der Waals surface area contributed by atoms with Crippen molar-refractivity contribution < 1.29 is 18.9 Å². The Hall–Kier alpha value is -3.16. The minimum atomic E-state index is -0.335. The zero-order chi connectivity index (χ0) is 22.1. The number of rotatable bonds is 4. The molecular weight excluding hydrogens is 396 g/mol. The van der Waals surface area contributed by atoms with Crippen molar-refractivity contribution in [1.29, 1.82) is 0 Å². The summed E-state index contributed by atoms with van der Waals surface area (Å²) in [5.74, 6) is 0.335. The van der Waals surface area contributed by atoms with Crippen LogP contribution in [0, 0.1) is 26.7 Å². The molecule has 0 radical (unpaired) electrons. The standard InChI is InChI=1S/C23H28N4O4/c1-15-4-6-19(7-5-15)27-14-18(12-22(27)29)23(30)26-10-8-25(9-11-26)21(28)13-20-16(2)24-31-17(20)3/h4-7,18H,8-14H2,1-3H3. The molecule has 2 aliphatic heterocycles. The second-order valence-electron chi connectivity index (χ2n) is 8.43. The Balaban J connectivity index is 1.31. The molecule has 0 saturated carbocycles. The van der Waals surface area contributed by atoms with E-state index >= 15 is 0 Å². The maximum atomic E-state index is 13.0. The molecule has 0 bridgehead atoms. The summed E-state index contributed by atoms with van der Waals surface area (Å²) in [6.07, 6.45) is 0.496. The zero-order valence-electron chi connectivity index (χ0n) is 18.3. The van der Waals surface area contributed by atoms with Crippen LogP contribution >= 0.6 is 0 Å². The van der Waals surface area contributed by atoms with E-state index in [1.807, 2.05) is 45.0 Å². The van der Waals surface area contributed by atoms with Crippen molar-refractivity contribution in [2.45, 2.75) is 33.6 Å². The Labute approximate surface area is 181 Å². The third-order valence-electron chi connectivity index (χ3n) is 6.27. The van der Waals surface area contributed by atoms with Gasteiger partial charge < -0.3 is 19.2 Å². The molecule has 2 fully saturated rings. The summed E-state index contributed by atoms with van der Waals surface area (Å²) >= 11 is 0. The molecule has 1 aromatic heterocycles. The Morgan fingerprint density at radius 2 is 1.68 bits per heavy atom. The maximum absolute atomic E-state index is 13.0. The van der Waals surface area contributed by atoms with Crippen LogP contribution in [0.5, 0.6) is 0 Å². The molecule has 8 nitrogen and oxygen atoms in total. The van der Waals surface area contributed by atoms with Gasteiger partial charge in [0.1, 0.15) is 5.76 Å². The number of aromatic nitrogens is 1. The molecule has 0 spiro atoms. The maximum Gasteiger partial charge on any atom is 0.228 e. The lowest BCUT2D eigenvalue weighted by atomic mass is 10.1. The van der Waals surface area contributed by atoms with Crippen molar-refractivity contribution in [2.75, 3.05) is 37.6 Å². The highest BCUT2D eigenvalue weighted by Crippen LogP contribution is 2.27. The van der Waals surface area contributed by atoms with Gasteiger partial charge >= 0.3 is 0 Å². The number of nitrogens with zero attached hydrogens (tertiary/aromatic N) is 4. The van der Waals surface area contributed by atoms with Crippen LogP contribution in [0.15, 0.2) is 28.8 Å². The Kier molecular flexibility index (Phi) is 5.80. The predicted molar refractivity (Wildman–Crippen MR) is 114 cm³/mol. The molecular formula is C23H28N4O4. The van der Waals surface area contributed by atoms with Crippen molar-refractivity contribution in [3.8, 4) is 0 Å². The number of carbonyl (C=O) groups excluding carboxylic acids is 3. The summed E-state index contributed by atoms with van der Waals surface area (Å²) < 4.78 is 5.14. The van der Waals surface area contributed by atoms with Crippen molar-refractivity contribution in [3.63, 3.8) is 0 Å². The number of hydrogen-bond acceptors (Lipinski definition) is 5. The summed E-state index contributed by atoms with van der Waals surface area (Å²) in [7, 11) is 0. The largest absolute Gasteiger partial charge is 0.361 e. The van der Waals surface area contributed by atoms with E-state index in [2.05, 4.69) is 5.16 Å². The number of benzene rings is 1. The van der Waals surface area contributed by atoms with E-state index in [9.17, 15) is 14.4 Å². The van der Waals surface area contributed by atoms with Crippen molar-refractivity contribution in [3.05, 3.63) is 46.8 Å². The van der Waals surface area contributed by atoms with Crippen LogP contribution in [0.1, 0.15) is 29.0 Å². The summed E-state index contributed by atoms with van der Waals surface area (Å²) in [5, 5.41) is 3.90. The quantitative estimate of drug-likeness (QED) is 0.748. The fourth-order valence-electron chi connectivity index (χ4n) is 4.30. The molecule has 0 aliphatic carbocycles. The lowest BCUT2D eigenvalue weighted by molar-refractivity contribution is -0.141. The third-order valence-corrected chi connectivity index (χ3v) is 6.27. The van der Waals surface area contributed by atoms with Gasteiger partial charge in [0.2, 0.25) is 17.7 Å². The van der Waals surface area contributed by atoms with Crippen molar-refractivity contribution >= 4 is 23.4 Å². The first-order chi connectivity index (χ1) is 14.8. The molecule has 31 heavy (non-hydrogen) atoms. The second kappa shape index (κ2) is 8.53. The Morgan fingerprint density at radius 3 is 2.29 bits per heavy atom. The smallest absolute Gasteiger partial charge is 0.228 e. The molecule has 164 valence electrons. The molecule has 3 heterocycles. The normalized spacial score (nSPS) is 19.3. The summed E-state index contributed by atoms with van der Waals surface area (Å²) in [5.41, 5.74) is 3.54. The first-order valence-electron chi connectivity index (χ1n) is 10.7. The van der Waals surface area contributed by atoms with Crippen LogP contribution in [0.2, 0.25) is 0 Å². The molecule has 1 unspecified atom stereocenters. The number of amides is 3. The predicted octanol–water partition coefficient (Wildman–Crippen LogP) is 1.87. The number of anilines is 1. The minimum Gasteiger partial charge on any atom is -0.361 e. The lowest BCUT2D eigenvalue weighted by Gasteiger charge is -2.36. The number of aryl methyl sites for hydroxylation is 3. The first kappa shape index (κ1) is 21.1. The fourth-order valence-corrected chi connectivity index (χ4v) is 4.30. The summed E-state index contributed by atoms with van der Waals surface area (Å²) in [6, 6.07) is 7.78. The van der Waals surface area contributed by atoms with E-state index in [4.69, 9.17) is 4.52 Å². The van der Waals surface area contributed by atoms with Gasteiger partial charge in [-0.25, -0.2) is 0 Å². The Bertz CT molecular complexity index is 970. The van der Waals surface area contributed by atoms with E-state index in [0.717, 1.165) is 22.5 Å². The monoisotopic (exact) mass is 424 g/mol. The topological polar surface area (TPSA) is 87.0 Å².